The molecule has 1 N–H and O–H groups in total. The molecule has 14 heavy (non-hydrogen) atoms. The van der Waals surface area contributed by atoms with Gasteiger partial charge < -0.3 is 5.11 Å². The molecule has 0 saturated carbocycles. The molecule has 3 heteroatoms. The second-order valence-electron chi connectivity index (χ2n) is 3.84. The predicted molar refractivity (Wildman–Crippen MR) is 61.1 cm³/mol. The van der Waals surface area contributed by atoms with E-state index in [1.165, 1.54) is 11.8 Å². The first-order valence-electron chi connectivity index (χ1n) is 4.39. The van der Waals surface area contributed by atoms with Gasteiger partial charge in [0.15, 0.2) is 0 Å². The third-order valence-corrected chi connectivity index (χ3v) is 2.21. The Labute approximate surface area is 89.8 Å². The first kappa shape index (κ1) is 13.1. The maximum absolute atomic E-state index is 10.3. The minimum atomic E-state index is -0.813. The van der Waals surface area contributed by atoms with Crippen molar-refractivity contribution in [2.45, 2.75) is 27.7 Å². The molecular formula is C11H16O2S. The Hall–Kier alpha value is -0.880. The number of hydrogen-bond acceptors (Lipinski definition) is 2. The minimum absolute atomic E-state index is 0.0436. The van der Waals surface area contributed by atoms with Crippen molar-refractivity contribution in [1.82, 2.24) is 0 Å². The summed E-state index contributed by atoms with van der Waals surface area (Å²) in [6.07, 6.45) is 1.84. The highest BCUT2D eigenvalue weighted by Crippen LogP contribution is 2.16. The molecule has 0 heterocycles. The maximum atomic E-state index is 10.3. The van der Waals surface area contributed by atoms with Crippen molar-refractivity contribution in [3.8, 4) is 11.8 Å². The van der Waals surface area contributed by atoms with Crippen LogP contribution in [-0.2, 0) is 4.79 Å². The zero-order valence-corrected chi connectivity index (χ0v) is 9.86. The predicted octanol–water partition coefficient (Wildman–Crippen LogP) is 2.76. The highest BCUT2D eigenvalue weighted by atomic mass is 32.2. The van der Waals surface area contributed by atoms with Crippen molar-refractivity contribution in [3.05, 3.63) is 11.0 Å². The third-order valence-electron chi connectivity index (χ3n) is 1.17. The lowest BCUT2D eigenvalue weighted by Gasteiger charge is -2.07. The maximum Gasteiger partial charge on any atom is 0.313 e. The molecule has 0 aromatic rings. The fourth-order valence-corrected chi connectivity index (χ4v) is 1.15. The van der Waals surface area contributed by atoms with Crippen LogP contribution in [0.5, 0.6) is 0 Å². The molecule has 0 amide bonds. The normalized spacial score (nSPS) is 11.9. The minimum Gasteiger partial charge on any atom is -0.481 e. The van der Waals surface area contributed by atoms with Crippen LogP contribution in [0.15, 0.2) is 11.0 Å². The molecule has 0 rings (SSSR count). The Morgan fingerprint density at radius 2 is 2.07 bits per heavy atom. The monoisotopic (exact) mass is 212 g/mol. The lowest BCUT2D eigenvalue weighted by Crippen LogP contribution is -2.00. The average Bonchev–Trinajstić information content (AvgIpc) is 2.02. The Balaban J connectivity index is 4.30. The fraction of sp³-hybridized carbons (Fsp3) is 0.545. The van der Waals surface area contributed by atoms with Gasteiger partial charge in [-0.05, 0) is 27.7 Å². The lowest BCUT2D eigenvalue weighted by molar-refractivity contribution is -0.133. The van der Waals surface area contributed by atoms with Crippen LogP contribution < -0.4 is 0 Å². The summed E-state index contributed by atoms with van der Waals surface area (Å²) in [6, 6.07) is 0. The third kappa shape index (κ3) is 7.75. The molecule has 0 bridgehead atoms. The molecular weight excluding hydrogens is 196 g/mol. The lowest BCUT2D eigenvalue weighted by atomic mass is 9.98. The van der Waals surface area contributed by atoms with Gasteiger partial charge in [-0.15, -0.1) is 11.8 Å². The number of allylic oxidation sites excluding steroid dienone is 2. The van der Waals surface area contributed by atoms with E-state index < -0.39 is 5.97 Å². The van der Waals surface area contributed by atoms with E-state index in [1.807, 2.05) is 33.8 Å². The number of aliphatic carboxylic acids is 1. The van der Waals surface area contributed by atoms with E-state index in [2.05, 4.69) is 11.8 Å². The Bertz CT molecular complexity index is 287. The zero-order chi connectivity index (χ0) is 11.2. The van der Waals surface area contributed by atoms with E-state index in [0.29, 0.717) is 0 Å². The van der Waals surface area contributed by atoms with Gasteiger partial charge in [0.25, 0.3) is 0 Å². The van der Waals surface area contributed by atoms with Gasteiger partial charge >= 0.3 is 5.97 Å². The summed E-state index contributed by atoms with van der Waals surface area (Å²) in [5.74, 6) is 5.29. The van der Waals surface area contributed by atoms with Gasteiger partial charge in [0.1, 0.15) is 0 Å². The number of thioether (sulfide) groups is 1. The van der Waals surface area contributed by atoms with Gasteiger partial charge in [0, 0.05) is 5.41 Å². The van der Waals surface area contributed by atoms with Crippen molar-refractivity contribution in [3.63, 3.8) is 0 Å². The number of carboxylic acids is 1. The molecule has 0 aliphatic carbocycles. The van der Waals surface area contributed by atoms with E-state index in [1.54, 1.807) is 0 Å². The van der Waals surface area contributed by atoms with Crippen LogP contribution >= 0.6 is 11.8 Å². The summed E-state index contributed by atoms with van der Waals surface area (Å²) >= 11 is 1.26. The van der Waals surface area contributed by atoms with E-state index in [4.69, 9.17) is 5.11 Å². The molecule has 0 aromatic carbocycles. The SMILES string of the molecule is CC=C(C#CC(C)(C)C)SCC(=O)O. The van der Waals surface area contributed by atoms with Crippen molar-refractivity contribution in [2.24, 2.45) is 5.41 Å². The van der Waals surface area contributed by atoms with E-state index in [0.717, 1.165) is 4.91 Å². The van der Waals surface area contributed by atoms with Gasteiger partial charge in [-0.3, -0.25) is 4.79 Å². The number of rotatable bonds is 3. The fourth-order valence-electron chi connectivity index (χ4n) is 0.580. The second kappa shape index (κ2) is 5.77. The summed E-state index contributed by atoms with van der Waals surface area (Å²) < 4.78 is 0. The topological polar surface area (TPSA) is 37.3 Å². The van der Waals surface area contributed by atoms with E-state index in [-0.39, 0.29) is 11.2 Å². The molecule has 0 fully saturated rings. The smallest absolute Gasteiger partial charge is 0.313 e. The second-order valence-corrected chi connectivity index (χ2v) is 4.85. The van der Waals surface area contributed by atoms with Gasteiger partial charge in [0.2, 0.25) is 0 Å². The highest BCUT2D eigenvalue weighted by molar-refractivity contribution is 8.03. The van der Waals surface area contributed by atoms with Crippen LogP contribution in [-0.4, -0.2) is 16.8 Å². The first-order chi connectivity index (χ1) is 6.35. The molecule has 0 aliphatic rings. The first-order valence-corrected chi connectivity index (χ1v) is 5.38. The molecule has 0 unspecified atom stereocenters. The Morgan fingerprint density at radius 1 is 1.50 bits per heavy atom. The Morgan fingerprint density at radius 3 is 2.43 bits per heavy atom. The van der Waals surface area contributed by atoms with Crippen molar-refractivity contribution >= 4 is 17.7 Å². The number of carbonyl (C=O) groups is 1. The molecule has 0 aliphatic heterocycles. The van der Waals surface area contributed by atoms with Gasteiger partial charge in [-0.25, -0.2) is 0 Å². The highest BCUT2D eigenvalue weighted by Gasteiger charge is 2.04. The van der Waals surface area contributed by atoms with Crippen LogP contribution in [0.1, 0.15) is 27.7 Å². The van der Waals surface area contributed by atoms with Gasteiger partial charge in [0.05, 0.1) is 10.7 Å². The molecule has 0 atom stereocenters. The summed E-state index contributed by atoms with van der Waals surface area (Å²) in [7, 11) is 0. The molecule has 0 aromatic heterocycles. The van der Waals surface area contributed by atoms with Crippen molar-refractivity contribution in [1.29, 1.82) is 0 Å². The van der Waals surface area contributed by atoms with Crippen molar-refractivity contribution in [2.75, 3.05) is 5.75 Å². The van der Waals surface area contributed by atoms with Crippen molar-refractivity contribution < 1.29 is 9.90 Å². The standard InChI is InChI=1S/C11H16O2S/c1-5-9(14-8-10(12)13)6-7-11(2,3)4/h5H,8H2,1-4H3,(H,12,13). The van der Waals surface area contributed by atoms with E-state index >= 15 is 0 Å². The Kier molecular flexibility index (Phi) is 5.40. The van der Waals surface area contributed by atoms with Crippen LogP contribution in [0.2, 0.25) is 0 Å². The molecule has 0 spiro atoms. The van der Waals surface area contributed by atoms with Crippen LogP contribution in [0.3, 0.4) is 0 Å². The summed E-state index contributed by atoms with van der Waals surface area (Å²) in [5, 5.41) is 8.49. The summed E-state index contributed by atoms with van der Waals surface area (Å²) in [5.41, 5.74) is -0.0436. The summed E-state index contributed by atoms with van der Waals surface area (Å²) in [6.45, 7) is 7.93. The average molecular weight is 212 g/mol. The van der Waals surface area contributed by atoms with Gasteiger partial charge in [-0.2, -0.15) is 0 Å². The van der Waals surface area contributed by atoms with Crippen LogP contribution in [0.25, 0.3) is 0 Å². The quantitative estimate of drug-likeness (QED) is 0.731. The number of carboxylic acid groups (broad SMARTS) is 1. The summed E-state index contributed by atoms with van der Waals surface area (Å²) in [4.78, 5) is 11.1. The molecule has 2 nitrogen and oxygen atoms in total. The van der Waals surface area contributed by atoms with E-state index in [9.17, 15) is 4.79 Å². The van der Waals surface area contributed by atoms with Crippen LogP contribution in [0, 0.1) is 17.3 Å². The largest absolute Gasteiger partial charge is 0.481 e. The number of hydrogen-bond donors (Lipinski definition) is 1. The molecule has 0 saturated heterocycles. The van der Waals surface area contributed by atoms with Crippen LogP contribution in [0.4, 0.5) is 0 Å². The van der Waals surface area contributed by atoms with Gasteiger partial charge in [-0.1, -0.05) is 17.9 Å². The molecule has 78 valence electrons. The molecule has 0 radical (unpaired) electrons. The zero-order valence-electron chi connectivity index (χ0n) is 9.05.